The Labute approximate surface area is 165 Å². The van der Waals surface area contributed by atoms with Crippen molar-refractivity contribution in [2.24, 2.45) is 5.73 Å². The van der Waals surface area contributed by atoms with E-state index in [9.17, 15) is 24.6 Å². The van der Waals surface area contributed by atoms with Gasteiger partial charge in [0.2, 0.25) is 5.91 Å². The molecule has 2 aromatic rings. The molecule has 1 amide bonds. The van der Waals surface area contributed by atoms with Crippen molar-refractivity contribution in [3.63, 3.8) is 0 Å². The molecule has 10 nitrogen and oxygen atoms in total. The number of aromatic amines is 1. The Kier molecular flexibility index (Phi) is 6.16. The minimum Gasteiger partial charge on any atom is -0.508 e. The second kappa shape index (κ2) is 8.60. The topological polar surface area (TPSA) is 160 Å². The average molecular weight is 404 g/mol. The predicted octanol–water partition coefficient (Wildman–Crippen LogP) is -1.11. The number of aromatic nitrogens is 2. The highest BCUT2D eigenvalue weighted by Gasteiger charge is 2.38. The molecule has 0 unspecified atom stereocenters. The number of aliphatic hydroxyl groups is 1. The van der Waals surface area contributed by atoms with E-state index in [0.717, 1.165) is 5.56 Å². The number of H-pyrrole nitrogens is 1. The molecule has 1 aliphatic heterocycles. The van der Waals surface area contributed by atoms with Crippen LogP contribution in [0.25, 0.3) is 0 Å². The SMILES string of the molecule is Cc1cn([C@H]2C[C@H](NC(=O)[C@@H](N)Cc3ccc(O)cc3)[C@@H](CO)O2)c(=O)[nH]c1=O. The summed E-state index contributed by atoms with van der Waals surface area (Å²) in [5.41, 5.74) is 6.02. The smallest absolute Gasteiger partial charge is 0.330 e. The molecule has 2 heterocycles. The van der Waals surface area contributed by atoms with Crippen molar-refractivity contribution >= 4 is 5.91 Å². The van der Waals surface area contributed by atoms with Gasteiger partial charge in [-0.1, -0.05) is 12.1 Å². The van der Waals surface area contributed by atoms with Gasteiger partial charge in [0.15, 0.2) is 0 Å². The Morgan fingerprint density at radius 3 is 2.72 bits per heavy atom. The molecule has 0 saturated carbocycles. The Morgan fingerprint density at radius 1 is 1.38 bits per heavy atom. The third-order valence-electron chi connectivity index (χ3n) is 4.93. The van der Waals surface area contributed by atoms with E-state index >= 15 is 0 Å². The normalized spacial score (nSPS) is 22.4. The Hall–Kier alpha value is -2.95. The van der Waals surface area contributed by atoms with Crippen LogP contribution in [-0.4, -0.2) is 50.5 Å². The number of carbonyl (C=O) groups is 1. The van der Waals surface area contributed by atoms with E-state index in [-0.39, 0.29) is 25.2 Å². The summed E-state index contributed by atoms with van der Waals surface area (Å²) in [7, 11) is 0. The van der Waals surface area contributed by atoms with Gasteiger partial charge < -0.3 is 26.0 Å². The zero-order chi connectivity index (χ0) is 21.1. The first kappa shape index (κ1) is 20.8. The maximum Gasteiger partial charge on any atom is 0.330 e. The van der Waals surface area contributed by atoms with Gasteiger partial charge in [-0.05, 0) is 31.0 Å². The largest absolute Gasteiger partial charge is 0.508 e. The van der Waals surface area contributed by atoms with Crippen LogP contribution in [0.2, 0.25) is 0 Å². The molecule has 0 bridgehead atoms. The zero-order valence-electron chi connectivity index (χ0n) is 15.9. The quantitative estimate of drug-likeness (QED) is 0.408. The molecule has 4 atom stereocenters. The summed E-state index contributed by atoms with van der Waals surface area (Å²) in [6, 6.07) is 5.00. The second-order valence-electron chi connectivity index (χ2n) is 7.12. The van der Waals surface area contributed by atoms with Crippen molar-refractivity contribution in [2.45, 2.75) is 44.2 Å². The highest BCUT2D eigenvalue weighted by molar-refractivity contribution is 5.82. The maximum absolute atomic E-state index is 12.5. The van der Waals surface area contributed by atoms with Gasteiger partial charge in [-0.2, -0.15) is 0 Å². The Bertz CT molecular complexity index is 983. The van der Waals surface area contributed by atoms with Gasteiger partial charge in [-0.15, -0.1) is 0 Å². The molecular formula is C19H24N4O6. The first-order valence-corrected chi connectivity index (χ1v) is 9.20. The number of phenolic OH excluding ortho intramolecular Hbond substituents is 1. The van der Waals surface area contributed by atoms with E-state index in [1.54, 1.807) is 19.1 Å². The number of hydrogen-bond acceptors (Lipinski definition) is 7. The molecule has 29 heavy (non-hydrogen) atoms. The third kappa shape index (κ3) is 4.73. The summed E-state index contributed by atoms with van der Waals surface area (Å²) in [6.45, 7) is 1.21. The summed E-state index contributed by atoms with van der Waals surface area (Å²) in [4.78, 5) is 38.3. The van der Waals surface area contributed by atoms with Crippen molar-refractivity contribution < 1.29 is 19.7 Å². The van der Waals surface area contributed by atoms with Crippen molar-refractivity contribution in [3.8, 4) is 5.75 Å². The number of ether oxygens (including phenoxy) is 1. The molecule has 0 radical (unpaired) electrons. The van der Waals surface area contributed by atoms with Crippen molar-refractivity contribution in [1.29, 1.82) is 0 Å². The van der Waals surface area contributed by atoms with Crippen LogP contribution in [0.15, 0.2) is 40.1 Å². The van der Waals surface area contributed by atoms with Gasteiger partial charge in [0.05, 0.1) is 18.7 Å². The summed E-state index contributed by atoms with van der Waals surface area (Å²) in [6.07, 6.45) is 0.429. The van der Waals surface area contributed by atoms with Crippen LogP contribution in [0.1, 0.15) is 23.8 Å². The van der Waals surface area contributed by atoms with Gasteiger partial charge in [-0.25, -0.2) is 4.79 Å². The third-order valence-corrected chi connectivity index (χ3v) is 4.93. The summed E-state index contributed by atoms with van der Waals surface area (Å²) >= 11 is 0. The molecule has 156 valence electrons. The minimum atomic E-state index is -0.837. The molecule has 3 rings (SSSR count). The van der Waals surface area contributed by atoms with Crippen molar-refractivity contribution in [3.05, 3.63) is 62.4 Å². The number of nitrogens with one attached hydrogen (secondary N) is 2. The van der Waals surface area contributed by atoms with Crippen LogP contribution in [-0.2, 0) is 16.0 Å². The van der Waals surface area contributed by atoms with Gasteiger partial charge in [0, 0.05) is 18.2 Å². The number of nitrogens with zero attached hydrogens (tertiary/aromatic N) is 1. The lowest BCUT2D eigenvalue weighted by atomic mass is 10.0. The Balaban J connectivity index is 1.67. The van der Waals surface area contributed by atoms with E-state index in [4.69, 9.17) is 10.5 Å². The summed E-state index contributed by atoms with van der Waals surface area (Å²) in [5.74, 6) is -0.296. The number of hydrogen-bond donors (Lipinski definition) is 5. The zero-order valence-corrected chi connectivity index (χ0v) is 15.9. The van der Waals surface area contributed by atoms with Crippen LogP contribution in [0, 0.1) is 6.92 Å². The van der Waals surface area contributed by atoms with Crippen molar-refractivity contribution in [2.75, 3.05) is 6.61 Å². The average Bonchev–Trinajstić information content (AvgIpc) is 3.09. The molecule has 0 spiro atoms. The van der Waals surface area contributed by atoms with E-state index < -0.39 is 41.6 Å². The molecule has 1 fully saturated rings. The van der Waals surface area contributed by atoms with Gasteiger partial charge in [0.25, 0.3) is 5.56 Å². The minimum absolute atomic E-state index is 0.124. The Morgan fingerprint density at radius 2 is 2.07 bits per heavy atom. The van der Waals surface area contributed by atoms with Crippen LogP contribution < -0.4 is 22.3 Å². The van der Waals surface area contributed by atoms with Gasteiger partial charge in [-0.3, -0.25) is 19.1 Å². The molecule has 1 aromatic carbocycles. The van der Waals surface area contributed by atoms with E-state index in [1.807, 2.05) is 0 Å². The number of aromatic hydroxyl groups is 1. The lowest BCUT2D eigenvalue weighted by Gasteiger charge is -2.20. The number of carbonyl (C=O) groups excluding carboxylic acids is 1. The maximum atomic E-state index is 12.5. The van der Waals surface area contributed by atoms with E-state index in [0.29, 0.717) is 5.56 Å². The first-order chi connectivity index (χ1) is 13.8. The highest BCUT2D eigenvalue weighted by atomic mass is 16.5. The number of benzene rings is 1. The van der Waals surface area contributed by atoms with Gasteiger partial charge >= 0.3 is 5.69 Å². The molecule has 10 heteroatoms. The van der Waals surface area contributed by atoms with Crippen molar-refractivity contribution in [1.82, 2.24) is 14.9 Å². The van der Waals surface area contributed by atoms with E-state index in [1.165, 1.54) is 22.9 Å². The summed E-state index contributed by atoms with van der Waals surface area (Å²) in [5, 5.41) is 21.7. The monoisotopic (exact) mass is 404 g/mol. The number of aliphatic hydroxyl groups excluding tert-OH is 1. The number of aryl methyl sites for hydroxylation is 1. The molecular weight excluding hydrogens is 380 g/mol. The lowest BCUT2D eigenvalue weighted by Crippen LogP contribution is -2.49. The van der Waals surface area contributed by atoms with Crippen LogP contribution >= 0.6 is 0 Å². The molecule has 6 N–H and O–H groups in total. The van der Waals surface area contributed by atoms with Crippen LogP contribution in [0.4, 0.5) is 0 Å². The molecule has 1 aromatic heterocycles. The number of nitrogens with two attached hydrogens (primary N) is 1. The molecule has 1 aliphatic rings. The predicted molar refractivity (Wildman–Crippen MR) is 103 cm³/mol. The van der Waals surface area contributed by atoms with Gasteiger partial charge in [0.1, 0.15) is 18.1 Å². The standard InChI is InChI=1S/C19H24N4O6/c1-10-8-23(19(28)22-17(10)26)16-7-14(15(9-24)29-16)21-18(27)13(20)6-11-2-4-12(25)5-3-11/h2-5,8,13-16,24-25H,6-7,9,20H2,1H3,(H,21,27)(H,22,26,28)/t13-,14-,15+,16+/m0/s1. The first-order valence-electron chi connectivity index (χ1n) is 9.20. The number of phenols is 1. The fraction of sp³-hybridized carbons (Fsp3) is 0.421. The van der Waals surface area contributed by atoms with E-state index in [2.05, 4.69) is 10.3 Å². The summed E-state index contributed by atoms with van der Waals surface area (Å²) < 4.78 is 6.94. The van der Waals surface area contributed by atoms with Crippen LogP contribution in [0.5, 0.6) is 5.75 Å². The number of rotatable bonds is 6. The lowest BCUT2D eigenvalue weighted by molar-refractivity contribution is -0.123. The molecule has 1 saturated heterocycles. The second-order valence-corrected chi connectivity index (χ2v) is 7.12. The van der Waals surface area contributed by atoms with Crippen LogP contribution in [0.3, 0.4) is 0 Å². The highest BCUT2D eigenvalue weighted by Crippen LogP contribution is 2.27. The fourth-order valence-corrected chi connectivity index (χ4v) is 3.29. The number of amides is 1. The fourth-order valence-electron chi connectivity index (χ4n) is 3.29. The molecule has 0 aliphatic carbocycles.